The van der Waals surface area contributed by atoms with Crippen molar-refractivity contribution in [1.29, 1.82) is 0 Å². The molecule has 0 heterocycles. The molecule has 1 aromatic rings. The number of nitrogens with one attached hydrogen (secondary N) is 1. The Balaban J connectivity index is 1.46. The summed E-state index contributed by atoms with van der Waals surface area (Å²) in [4.78, 5) is 0. The number of benzene rings is 1. The third-order valence-electron chi connectivity index (χ3n) is 5.27. The van der Waals surface area contributed by atoms with Gasteiger partial charge in [-0.1, -0.05) is 38.0 Å². The van der Waals surface area contributed by atoms with Crippen LogP contribution in [-0.4, -0.2) is 23.3 Å². The van der Waals surface area contributed by atoms with Crippen LogP contribution in [0.4, 0.5) is 4.39 Å². The van der Waals surface area contributed by atoms with Crippen LogP contribution in [0.15, 0.2) is 24.3 Å². The van der Waals surface area contributed by atoms with Crippen LogP contribution >= 0.6 is 0 Å². The summed E-state index contributed by atoms with van der Waals surface area (Å²) in [6.45, 7) is 2.91. The molecule has 1 aromatic carbocycles. The van der Waals surface area contributed by atoms with Gasteiger partial charge >= 0.3 is 0 Å². The fourth-order valence-electron chi connectivity index (χ4n) is 3.97. The Morgan fingerprint density at radius 2 is 2.10 bits per heavy atom. The van der Waals surface area contributed by atoms with Crippen LogP contribution in [0.25, 0.3) is 0 Å². The Bertz CT molecular complexity index is 486. The van der Waals surface area contributed by atoms with Gasteiger partial charge in [-0.2, -0.15) is 0 Å². The number of aliphatic hydroxyl groups is 1. The van der Waals surface area contributed by atoms with Crippen molar-refractivity contribution in [2.45, 2.75) is 63.0 Å². The molecule has 0 bridgehead atoms. The molecule has 3 heteroatoms. The lowest BCUT2D eigenvalue weighted by Crippen LogP contribution is -2.50. The molecule has 21 heavy (non-hydrogen) atoms. The summed E-state index contributed by atoms with van der Waals surface area (Å²) in [6, 6.07) is 7.52. The van der Waals surface area contributed by atoms with E-state index in [2.05, 4.69) is 12.2 Å². The van der Waals surface area contributed by atoms with Crippen molar-refractivity contribution in [2.24, 2.45) is 5.92 Å². The van der Waals surface area contributed by atoms with Gasteiger partial charge in [-0.3, -0.25) is 0 Å². The first kappa shape index (κ1) is 15.0. The van der Waals surface area contributed by atoms with Gasteiger partial charge in [-0.25, -0.2) is 4.39 Å². The Hall–Kier alpha value is -0.930. The summed E-state index contributed by atoms with van der Waals surface area (Å²) >= 11 is 0. The fraction of sp³-hybridized carbons (Fsp3) is 0.667. The molecule has 2 N–H and O–H groups in total. The molecule has 0 spiro atoms. The van der Waals surface area contributed by atoms with Crippen molar-refractivity contribution in [1.82, 2.24) is 5.32 Å². The second-order valence-corrected chi connectivity index (χ2v) is 7.19. The summed E-state index contributed by atoms with van der Waals surface area (Å²) in [5, 5.41) is 14.1. The molecule has 2 saturated carbocycles. The van der Waals surface area contributed by atoms with Crippen molar-refractivity contribution < 1.29 is 9.50 Å². The van der Waals surface area contributed by atoms with Crippen molar-refractivity contribution in [3.63, 3.8) is 0 Å². The highest BCUT2D eigenvalue weighted by atomic mass is 19.1. The highest BCUT2D eigenvalue weighted by Gasteiger charge is 2.36. The molecular weight excluding hydrogens is 265 g/mol. The molecule has 2 fully saturated rings. The largest absolute Gasteiger partial charge is 0.389 e. The van der Waals surface area contributed by atoms with Gasteiger partial charge < -0.3 is 10.4 Å². The molecule has 2 nitrogen and oxygen atoms in total. The summed E-state index contributed by atoms with van der Waals surface area (Å²) in [5.41, 5.74) is 0.321. The van der Waals surface area contributed by atoms with Crippen LogP contribution in [-0.2, 0) is 0 Å². The Labute approximate surface area is 126 Å². The normalized spacial score (nSPS) is 36.2. The quantitative estimate of drug-likeness (QED) is 0.888. The second kappa shape index (κ2) is 6.05. The first-order chi connectivity index (χ1) is 10.1. The maximum absolute atomic E-state index is 13.7. The first-order valence-electron chi connectivity index (χ1n) is 8.26. The zero-order valence-electron chi connectivity index (χ0n) is 12.8. The molecule has 2 aliphatic rings. The van der Waals surface area contributed by atoms with Crippen LogP contribution in [0.1, 0.15) is 56.9 Å². The molecule has 0 radical (unpaired) electrons. The lowest BCUT2D eigenvalue weighted by Gasteiger charge is -2.41. The van der Waals surface area contributed by atoms with Gasteiger partial charge in [-0.15, -0.1) is 0 Å². The van der Waals surface area contributed by atoms with E-state index in [0.717, 1.165) is 37.7 Å². The average Bonchev–Trinajstić information content (AvgIpc) is 2.38. The van der Waals surface area contributed by atoms with E-state index >= 15 is 0 Å². The van der Waals surface area contributed by atoms with E-state index in [1.165, 1.54) is 6.42 Å². The maximum atomic E-state index is 13.7. The average molecular weight is 291 g/mol. The van der Waals surface area contributed by atoms with Gasteiger partial charge in [-0.05, 0) is 49.1 Å². The number of halogens is 1. The lowest BCUT2D eigenvalue weighted by molar-refractivity contribution is -0.0162. The van der Waals surface area contributed by atoms with E-state index in [1.54, 1.807) is 12.1 Å². The molecule has 2 aliphatic carbocycles. The van der Waals surface area contributed by atoms with E-state index < -0.39 is 5.60 Å². The standard InChI is InChI=1S/C18H26FNO/c1-13-5-4-8-18(21,11-13)12-20-15-9-14(10-15)16-6-2-3-7-17(16)19/h2-3,6-7,13-15,20-21H,4-5,8-12H2,1H3. The monoisotopic (exact) mass is 291 g/mol. The van der Waals surface area contributed by atoms with Crippen LogP contribution in [0.2, 0.25) is 0 Å². The molecule has 2 unspecified atom stereocenters. The summed E-state index contributed by atoms with van der Waals surface area (Å²) in [6.07, 6.45) is 6.14. The number of rotatable bonds is 4. The Morgan fingerprint density at radius 1 is 1.33 bits per heavy atom. The fourth-order valence-corrected chi connectivity index (χ4v) is 3.97. The predicted octanol–water partition coefficient (Wildman–Crippen LogP) is 3.60. The summed E-state index contributed by atoms with van der Waals surface area (Å²) in [5.74, 6) is 0.877. The Morgan fingerprint density at radius 3 is 2.81 bits per heavy atom. The molecule has 2 atom stereocenters. The van der Waals surface area contributed by atoms with Gasteiger partial charge in [0.15, 0.2) is 0 Å². The van der Waals surface area contributed by atoms with Crippen molar-refractivity contribution in [2.75, 3.05) is 6.54 Å². The van der Waals surface area contributed by atoms with Gasteiger partial charge in [0, 0.05) is 12.6 Å². The minimum atomic E-state index is -0.527. The summed E-state index contributed by atoms with van der Waals surface area (Å²) in [7, 11) is 0. The van der Waals surface area contributed by atoms with Crippen molar-refractivity contribution >= 4 is 0 Å². The van der Waals surface area contributed by atoms with Crippen LogP contribution in [0.3, 0.4) is 0 Å². The van der Waals surface area contributed by atoms with Crippen LogP contribution in [0.5, 0.6) is 0 Å². The van der Waals surface area contributed by atoms with Crippen molar-refractivity contribution in [3.05, 3.63) is 35.6 Å². The van der Waals surface area contributed by atoms with E-state index in [9.17, 15) is 9.50 Å². The molecule has 116 valence electrons. The first-order valence-corrected chi connectivity index (χ1v) is 8.26. The van der Waals surface area contributed by atoms with E-state index in [0.29, 0.717) is 24.4 Å². The van der Waals surface area contributed by atoms with E-state index in [4.69, 9.17) is 0 Å². The van der Waals surface area contributed by atoms with Gasteiger partial charge in [0.1, 0.15) is 5.82 Å². The SMILES string of the molecule is CC1CCCC(O)(CNC2CC(c3ccccc3F)C2)C1. The maximum Gasteiger partial charge on any atom is 0.126 e. The minimum absolute atomic E-state index is 0.0827. The van der Waals surface area contributed by atoms with E-state index in [1.807, 2.05) is 12.1 Å². The molecule has 0 saturated heterocycles. The zero-order valence-corrected chi connectivity index (χ0v) is 12.8. The van der Waals surface area contributed by atoms with Crippen molar-refractivity contribution in [3.8, 4) is 0 Å². The highest BCUT2D eigenvalue weighted by Crippen LogP contribution is 2.39. The molecule has 0 aliphatic heterocycles. The minimum Gasteiger partial charge on any atom is -0.389 e. The summed E-state index contributed by atoms with van der Waals surface area (Å²) < 4.78 is 13.7. The van der Waals surface area contributed by atoms with Crippen LogP contribution < -0.4 is 5.32 Å². The molecular formula is C18H26FNO. The number of hydrogen-bond donors (Lipinski definition) is 2. The predicted molar refractivity (Wildman–Crippen MR) is 82.7 cm³/mol. The van der Waals surface area contributed by atoms with Crippen LogP contribution in [0, 0.1) is 11.7 Å². The number of hydrogen-bond acceptors (Lipinski definition) is 2. The topological polar surface area (TPSA) is 32.3 Å². The van der Waals surface area contributed by atoms with Gasteiger partial charge in [0.25, 0.3) is 0 Å². The molecule has 3 rings (SSSR count). The van der Waals surface area contributed by atoms with E-state index in [-0.39, 0.29) is 5.82 Å². The molecule has 0 aromatic heterocycles. The zero-order chi connectivity index (χ0) is 14.9. The highest BCUT2D eigenvalue weighted by molar-refractivity contribution is 5.24. The Kier molecular flexibility index (Phi) is 4.32. The smallest absolute Gasteiger partial charge is 0.126 e. The second-order valence-electron chi connectivity index (χ2n) is 7.19. The third-order valence-corrected chi connectivity index (χ3v) is 5.27. The third kappa shape index (κ3) is 3.46. The van der Waals surface area contributed by atoms with Gasteiger partial charge in [0.2, 0.25) is 0 Å². The lowest BCUT2D eigenvalue weighted by atomic mass is 9.74. The van der Waals surface area contributed by atoms with Gasteiger partial charge in [0.05, 0.1) is 5.60 Å². The molecule has 0 amide bonds.